The second-order valence-electron chi connectivity index (χ2n) is 4.47. The van der Waals surface area contributed by atoms with Crippen molar-refractivity contribution in [3.05, 3.63) is 57.1 Å². The fraction of sp³-hybridized carbons (Fsp3) is 0.200. The molecule has 2 rings (SSSR count). The Morgan fingerprint density at radius 2 is 2.10 bits per heavy atom. The van der Waals surface area contributed by atoms with Crippen LogP contribution < -0.4 is 15.5 Å². The topological polar surface area (TPSA) is 68.5 Å². The monoisotopic (exact) mass is 307 g/mol. The number of nitrogens with one attached hydrogen (secondary N) is 1. The lowest BCUT2D eigenvalue weighted by atomic mass is 10.2. The van der Waals surface area contributed by atoms with Crippen molar-refractivity contribution in [1.29, 1.82) is 0 Å². The number of halogens is 1. The Bertz CT molecular complexity index is 724. The summed E-state index contributed by atoms with van der Waals surface area (Å²) in [6.07, 6.45) is 1.28. The number of amides is 1. The summed E-state index contributed by atoms with van der Waals surface area (Å²) in [5.41, 5.74) is 1.16. The van der Waals surface area contributed by atoms with Gasteiger partial charge in [0.1, 0.15) is 5.76 Å². The zero-order chi connectivity index (χ0) is 15.4. The van der Waals surface area contributed by atoms with Crippen molar-refractivity contribution in [3.8, 4) is 5.75 Å². The largest absolute Gasteiger partial charge is 0.476 e. The number of hydrogen-bond donors (Lipinski definition) is 1. The van der Waals surface area contributed by atoms with E-state index in [1.54, 1.807) is 25.1 Å². The van der Waals surface area contributed by atoms with E-state index in [1.807, 2.05) is 6.92 Å². The van der Waals surface area contributed by atoms with Crippen molar-refractivity contribution >= 4 is 23.2 Å². The number of carbonyl (C=O) groups excluding carboxylic acids is 1. The summed E-state index contributed by atoms with van der Waals surface area (Å²) in [5.74, 6) is -0.0270. The van der Waals surface area contributed by atoms with Crippen molar-refractivity contribution in [1.82, 2.24) is 0 Å². The molecular weight excluding hydrogens is 294 g/mol. The number of ether oxygens (including phenoxy) is 1. The SMILES string of the molecule is Cc1ccc(NC(=O)COc2c(C)occc2=O)cc1Cl. The van der Waals surface area contributed by atoms with Gasteiger partial charge in [-0.2, -0.15) is 0 Å². The molecule has 1 N–H and O–H groups in total. The summed E-state index contributed by atoms with van der Waals surface area (Å²) in [6.45, 7) is 3.17. The van der Waals surface area contributed by atoms with Crippen LogP contribution in [-0.4, -0.2) is 12.5 Å². The molecule has 5 nitrogen and oxygen atoms in total. The van der Waals surface area contributed by atoms with E-state index in [9.17, 15) is 9.59 Å². The molecule has 2 aromatic rings. The first-order valence-electron chi connectivity index (χ1n) is 6.24. The molecule has 21 heavy (non-hydrogen) atoms. The van der Waals surface area contributed by atoms with Gasteiger partial charge < -0.3 is 14.5 Å². The van der Waals surface area contributed by atoms with Crippen LogP contribution in [0.2, 0.25) is 5.02 Å². The van der Waals surface area contributed by atoms with Gasteiger partial charge in [0.15, 0.2) is 6.61 Å². The zero-order valence-corrected chi connectivity index (χ0v) is 12.4. The predicted octanol–water partition coefficient (Wildman–Crippen LogP) is 2.93. The highest BCUT2D eigenvalue weighted by Crippen LogP contribution is 2.20. The minimum absolute atomic E-state index is 0.0367. The van der Waals surface area contributed by atoms with Crippen LogP contribution in [0.25, 0.3) is 0 Å². The first-order valence-corrected chi connectivity index (χ1v) is 6.62. The normalized spacial score (nSPS) is 10.2. The van der Waals surface area contributed by atoms with Gasteiger partial charge in [0.05, 0.1) is 6.26 Å². The highest BCUT2D eigenvalue weighted by molar-refractivity contribution is 6.31. The Hall–Kier alpha value is -2.27. The Morgan fingerprint density at radius 1 is 1.33 bits per heavy atom. The number of aryl methyl sites for hydroxylation is 2. The number of carbonyl (C=O) groups is 1. The van der Waals surface area contributed by atoms with E-state index >= 15 is 0 Å². The van der Waals surface area contributed by atoms with Gasteiger partial charge in [-0.3, -0.25) is 9.59 Å². The van der Waals surface area contributed by atoms with Crippen molar-refractivity contribution < 1.29 is 13.9 Å². The number of hydrogen-bond acceptors (Lipinski definition) is 4. The summed E-state index contributed by atoms with van der Waals surface area (Å²) in [5, 5.41) is 3.20. The molecule has 0 saturated carbocycles. The molecule has 0 saturated heterocycles. The van der Waals surface area contributed by atoms with E-state index in [4.69, 9.17) is 20.8 Å². The highest BCUT2D eigenvalue weighted by Gasteiger charge is 2.10. The summed E-state index contributed by atoms with van der Waals surface area (Å²) >= 11 is 5.98. The highest BCUT2D eigenvalue weighted by atomic mass is 35.5. The number of rotatable bonds is 4. The van der Waals surface area contributed by atoms with Crippen molar-refractivity contribution in [3.63, 3.8) is 0 Å². The van der Waals surface area contributed by atoms with E-state index in [2.05, 4.69) is 5.32 Å². The molecule has 1 aromatic carbocycles. The molecule has 1 aromatic heterocycles. The van der Waals surface area contributed by atoms with Gasteiger partial charge in [0, 0.05) is 16.8 Å². The average Bonchev–Trinajstić information content (AvgIpc) is 2.42. The minimum Gasteiger partial charge on any atom is -0.476 e. The molecule has 0 fully saturated rings. The van der Waals surface area contributed by atoms with Gasteiger partial charge in [0.25, 0.3) is 5.91 Å². The van der Waals surface area contributed by atoms with E-state index in [1.165, 1.54) is 12.3 Å². The first kappa shape index (κ1) is 15.1. The van der Waals surface area contributed by atoms with Crippen molar-refractivity contribution in [2.75, 3.05) is 11.9 Å². The maximum absolute atomic E-state index is 11.8. The summed E-state index contributed by atoms with van der Waals surface area (Å²) < 4.78 is 10.2. The van der Waals surface area contributed by atoms with Crippen LogP contribution in [0, 0.1) is 13.8 Å². The third-order valence-electron chi connectivity index (χ3n) is 2.81. The van der Waals surface area contributed by atoms with Crippen molar-refractivity contribution in [2.24, 2.45) is 0 Å². The van der Waals surface area contributed by atoms with Crippen LogP contribution >= 0.6 is 11.6 Å². The molecule has 1 amide bonds. The molecule has 0 bridgehead atoms. The first-order chi connectivity index (χ1) is 9.97. The molecule has 1 heterocycles. The molecule has 0 atom stereocenters. The minimum atomic E-state index is -0.391. The smallest absolute Gasteiger partial charge is 0.262 e. The number of anilines is 1. The van der Waals surface area contributed by atoms with E-state index in [0.717, 1.165) is 5.56 Å². The Labute approximate surface area is 126 Å². The third kappa shape index (κ3) is 3.86. The van der Waals surface area contributed by atoms with Crippen LogP contribution in [0.3, 0.4) is 0 Å². The summed E-state index contributed by atoms with van der Waals surface area (Å²) in [7, 11) is 0. The fourth-order valence-electron chi connectivity index (χ4n) is 1.68. The molecule has 6 heteroatoms. The quantitative estimate of drug-likeness (QED) is 0.943. The van der Waals surface area contributed by atoms with Gasteiger partial charge in [0.2, 0.25) is 11.2 Å². The second-order valence-corrected chi connectivity index (χ2v) is 4.88. The number of benzene rings is 1. The van der Waals surface area contributed by atoms with Crippen LogP contribution in [0.4, 0.5) is 5.69 Å². The molecule has 0 aliphatic rings. The van der Waals surface area contributed by atoms with Gasteiger partial charge in [-0.25, -0.2) is 0 Å². The second kappa shape index (κ2) is 6.45. The zero-order valence-electron chi connectivity index (χ0n) is 11.6. The Morgan fingerprint density at radius 3 is 2.76 bits per heavy atom. The van der Waals surface area contributed by atoms with E-state index in [0.29, 0.717) is 16.5 Å². The van der Waals surface area contributed by atoms with Crippen LogP contribution in [0.1, 0.15) is 11.3 Å². The lowest BCUT2D eigenvalue weighted by Crippen LogP contribution is -2.22. The third-order valence-corrected chi connectivity index (χ3v) is 3.22. The maximum Gasteiger partial charge on any atom is 0.262 e. The van der Waals surface area contributed by atoms with Crippen LogP contribution in [0.15, 0.2) is 39.7 Å². The van der Waals surface area contributed by atoms with Gasteiger partial charge in [-0.05, 0) is 31.5 Å². The molecule has 0 radical (unpaired) electrons. The van der Waals surface area contributed by atoms with Crippen LogP contribution in [0.5, 0.6) is 5.75 Å². The lowest BCUT2D eigenvalue weighted by Gasteiger charge is -2.09. The van der Waals surface area contributed by atoms with E-state index < -0.39 is 5.91 Å². The predicted molar refractivity (Wildman–Crippen MR) is 80.0 cm³/mol. The molecule has 110 valence electrons. The summed E-state index contributed by atoms with van der Waals surface area (Å²) in [4.78, 5) is 23.4. The fourth-order valence-corrected chi connectivity index (χ4v) is 1.86. The molecule has 0 aliphatic carbocycles. The standard InChI is InChI=1S/C15H14ClNO4/c1-9-3-4-11(7-12(9)16)17-14(19)8-21-15-10(2)20-6-5-13(15)18/h3-7H,8H2,1-2H3,(H,17,19). The van der Waals surface area contributed by atoms with Crippen molar-refractivity contribution in [2.45, 2.75) is 13.8 Å². The molecule has 0 aliphatic heterocycles. The lowest BCUT2D eigenvalue weighted by molar-refractivity contribution is -0.118. The van der Waals surface area contributed by atoms with E-state index in [-0.39, 0.29) is 17.8 Å². The van der Waals surface area contributed by atoms with Gasteiger partial charge in [-0.1, -0.05) is 17.7 Å². The molecule has 0 spiro atoms. The molecular formula is C15H14ClNO4. The van der Waals surface area contributed by atoms with Gasteiger partial charge >= 0.3 is 0 Å². The Balaban J connectivity index is 1.99. The van der Waals surface area contributed by atoms with Crippen LogP contribution in [-0.2, 0) is 4.79 Å². The molecule has 0 unspecified atom stereocenters. The van der Waals surface area contributed by atoms with Gasteiger partial charge in [-0.15, -0.1) is 0 Å². The maximum atomic E-state index is 11.8. The summed E-state index contributed by atoms with van der Waals surface area (Å²) in [6, 6.07) is 6.42. The average molecular weight is 308 g/mol. The Kier molecular flexibility index (Phi) is 4.65.